The molecule has 2 heterocycles. The second-order valence-corrected chi connectivity index (χ2v) is 8.02. The molecule has 0 aromatic heterocycles. The summed E-state index contributed by atoms with van der Waals surface area (Å²) < 4.78 is 13.3. The van der Waals surface area contributed by atoms with Crippen molar-refractivity contribution in [3.05, 3.63) is 70.5 Å². The Morgan fingerprint density at radius 3 is 2.48 bits per heavy atom. The lowest BCUT2D eigenvalue weighted by Gasteiger charge is -2.33. The standard InChI is InChI=1S/C22H24ClFN4O/c1-26-10-12-27(13-11-26)15-22(29)28-21(18-4-2-3-5-19(18)23)14-20(25-28)16-6-8-17(24)9-7-16/h2-9,21H,10-15H2,1H3. The number of benzene rings is 2. The first-order chi connectivity index (χ1) is 14.0. The molecule has 2 aliphatic heterocycles. The predicted octanol–water partition coefficient (Wildman–Crippen LogP) is 3.40. The summed E-state index contributed by atoms with van der Waals surface area (Å²) in [7, 11) is 2.09. The molecule has 152 valence electrons. The second kappa shape index (κ2) is 8.61. The molecule has 4 rings (SSSR count). The molecule has 2 aromatic carbocycles. The van der Waals surface area contributed by atoms with Crippen molar-refractivity contribution in [1.82, 2.24) is 14.8 Å². The van der Waals surface area contributed by atoms with Crippen molar-refractivity contribution >= 4 is 23.2 Å². The van der Waals surface area contributed by atoms with Gasteiger partial charge in [-0.2, -0.15) is 5.10 Å². The zero-order chi connectivity index (χ0) is 20.4. The third kappa shape index (κ3) is 4.50. The molecular formula is C22H24ClFN4O. The monoisotopic (exact) mass is 414 g/mol. The van der Waals surface area contributed by atoms with Gasteiger partial charge in [-0.3, -0.25) is 9.69 Å². The first-order valence-corrected chi connectivity index (χ1v) is 10.2. The van der Waals surface area contributed by atoms with Crippen molar-refractivity contribution in [2.75, 3.05) is 39.8 Å². The van der Waals surface area contributed by atoms with E-state index >= 15 is 0 Å². The lowest BCUT2D eigenvalue weighted by atomic mass is 9.98. The average Bonchev–Trinajstić information content (AvgIpc) is 3.16. The lowest BCUT2D eigenvalue weighted by Crippen LogP contribution is -2.48. The van der Waals surface area contributed by atoms with Gasteiger partial charge in [0.25, 0.3) is 5.91 Å². The maximum absolute atomic E-state index is 13.3. The predicted molar refractivity (Wildman–Crippen MR) is 113 cm³/mol. The van der Waals surface area contributed by atoms with Gasteiger partial charge in [-0.25, -0.2) is 9.40 Å². The van der Waals surface area contributed by atoms with E-state index in [0.717, 1.165) is 43.0 Å². The van der Waals surface area contributed by atoms with Gasteiger partial charge in [0, 0.05) is 37.6 Å². The fourth-order valence-electron chi connectivity index (χ4n) is 3.81. The van der Waals surface area contributed by atoms with Crippen LogP contribution in [0.4, 0.5) is 4.39 Å². The number of carbonyl (C=O) groups is 1. The number of hydrogen-bond donors (Lipinski definition) is 0. The zero-order valence-corrected chi connectivity index (χ0v) is 17.1. The van der Waals surface area contributed by atoms with E-state index in [1.807, 2.05) is 24.3 Å². The molecule has 0 N–H and O–H groups in total. The molecule has 7 heteroatoms. The Bertz CT molecular complexity index is 909. The number of carbonyl (C=O) groups excluding carboxylic acids is 1. The molecule has 1 unspecified atom stereocenters. The van der Waals surface area contributed by atoms with Gasteiger partial charge in [0.05, 0.1) is 18.3 Å². The fraction of sp³-hybridized carbons (Fsp3) is 0.364. The summed E-state index contributed by atoms with van der Waals surface area (Å²) >= 11 is 6.44. The minimum Gasteiger partial charge on any atom is -0.304 e. The van der Waals surface area contributed by atoms with Gasteiger partial charge in [0.2, 0.25) is 0 Å². The molecule has 5 nitrogen and oxygen atoms in total. The van der Waals surface area contributed by atoms with Crippen molar-refractivity contribution in [3.63, 3.8) is 0 Å². The molecule has 1 saturated heterocycles. The van der Waals surface area contributed by atoms with E-state index in [2.05, 4.69) is 21.9 Å². The molecule has 0 spiro atoms. The average molecular weight is 415 g/mol. The molecule has 0 saturated carbocycles. The smallest absolute Gasteiger partial charge is 0.257 e. The van der Waals surface area contributed by atoms with E-state index in [4.69, 9.17) is 11.6 Å². The number of halogens is 2. The Hall–Kier alpha value is -2.28. The third-order valence-electron chi connectivity index (χ3n) is 5.56. The van der Waals surface area contributed by atoms with Crippen LogP contribution in [0.2, 0.25) is 5.02 Å². The number of nitrogens with zero attached hydrogens (tertiary/aromatic N) is 4. The summed E-state index contributed by atoms with van der Waals surface area (Å²) in [6.07, 6.45) is 0.545. The zero-order valence-electron chi connectivity index (χ0n) is 16.4. The van der Waals surface area contributed by atoms with Crippen LogP contribution in [0.25, 0.3) is 0 Å². The molecule has 29 heavy (non-hydrogen) atoms. The van der Waals surface area contributed by atoms with Crippen LogP contribution in [-0.2, 0) is 4.79 Å². The Kier molecular flexibility index (Phi) is 5.94. The van der Waals surface area contributed by atoms with Crippen LogP contribution in [0.15, 0.2) is 53.6 Å². The molecular weight excluding hydrogens is 391 g/mol. The van der Waals surface area contributed by atoms with Crippen LogP contribution in [0, 0.1) is 5.82 Å². The summed E-state index contributed by atoms with van der Waals surface area (Å²) in [4.78, 5) is 17.6. The van der Waals surface area contributed by atoms with E-state index in [1.165, 1.54) is 12.1 Å². The van der Waals surface area contributed by atoms with E-state index in [9.17, 15) is 9.18 Å². The normalized spacial score (nSPS) is 20.7. The first kappa shape index (κ1) is 20.0. The Morgan fingerprint density at radius 1 is 1.10 bits per heavy atom. The first-order valence-electron chi connectivity index (χ1n) is 9.82. The molecule has 0 aliphatic carbocycles. The molecule has 1 atom stereocenters. The second-order valence-electron chi connectivity index (χ2n) is 7.61. The van der Waals surface area contributed by atoms with E-state index in [-0.39, 0.29) is 17.8 Å². The SMILES string of the molecule is CN1CCN(CC(=O)N2N=C(c3ccc(F)cc3)CC2c2ccccc2Cl)CC1. The van der Waals surface area contributed by atoms with Gasteiger partial charge >= 0.3 is 0 Å². The molecule has 1 amide bonds. The minimum absolute atomic E-state index is 0.0448. The largest absolute Gasteiger partial charge is 0.304 e. The summed E-state index contributed by atoms with van der Waals surface area (Å²) in [5, 5.41) is 6.83. The van der Waals surface area contributed by atoms with Crippen LogP contribution in [0.3, 0.4) is 0 Å². The molecule has 1 fully saturated rings. The van der Waals surface area contributed by atoms with Crippen molar-refractivity contribution in [2.24, 2.45) is 5.10 Å². The number of rotatable bonds is 4. The highest BCUT2D eigenvalue weighted by atomic mass is 35.5. The summed E-state index contributed by atoms with van der Waals surface area (Å²) in [5.41, 5.74) is 2.46. The number of piperazine rings is 1. The van der Waals surface area contributed by atoms with Gasteiger partial charge in [-0.05, 0) is 36.4 Å². The summed E-state index contributed by atoms with van der Waals surface area (Å²) in [5.74, 6) is -0.338. The van der Waals surface area contributed by atoms with Crippen LogP contribution < -0.4 is 0 Å². The van der Waals surface area contributed by atoms with Gasteiger partial charge in [0.1, 0.15) is 5.82 Å². The quantitative estimate of drug-likeness (QED) is 0.769. The highest BCUT2D eigenvalue weighted by Crippen LogP contribution is 2.36. The van der Waals surface area contributed by atoms with Crippen LogP contribution in [0.1, 0.15) is 23.6 Å². The van der Waals surface area contributed by atoms with Crippen LogP contribution >= 0.6 is 11.6 Å². The van der Waals surface area contributed by atoms with Crippen LogP contribution in [0.5, 0.6) is 0 Å². The fourth-order valence-corrected chi connectivity index (χ4v) is 4.08. The molecule has 2 aromatic rings. The Morgan fingerprint density at radius 2 is 1.79 bits per heavy atom. The van der Waals surface area contributed by atoms with Crippen molar-refractivity contribution < 1.29 is 9.18 Å². The minimum atomic E-state index is -0.294. The Labute approximate surface area is 175 Å². The number of amides is 1. The van der Waals surface area contributed by atoms with Gasteiger partial charge < -0.3 is 4.90 Å². The number of likely N-dealkylation sites (N-methyl/N-ethyl adjacent to an activating group) is 1. The Balaban J connectivity index is 1.59. The third-order valence-corrected chi connectivity index (χ3v) is 5.91. The molecule has 2 aliphatic rings. The maximum Gasteiger partial charge on any atom is 0.257 e. The van der Waals surface area contributed by atoms with E-state index < -0.39 is 0 Å². The highest BCUT2D eigenvalue weighted by Gasteiger charge is 2.35. The lowest BCUT2D eigenvalue weighted by molar-refractivity contribution is -0.134. The van der Waals surface area contributed by atoms with Crippen LogP contribution in [-0.4, -0.2) is 66.2 Å². The highest BCUT2D eigenvalue weighted by molar-refractivity contribution is 6.31. The van der Waals surface area contributed by atoms with E-state index in [1.54, 1.807) is 17.1 Å². The van der Waals surface area contributed by atoms with Crippen molar-refractivity contribution in [2.45, 2.75) is 12.5 Å². The van der Waals surface area contributed by atoms with Gasteiger partial charge in [0.15, 0.2) is 0 Å². The van der Waals surface area contributed by atoms with E-state index in [0.29, 0.717) is 18.0 Å². The molecule has 0 bridgehead atoms. The number of hydrazone groups is 1. The summed E-state index contributed by atoms with van der Waals surface area (Å²) in [6, 6.07) is 13.5. The summed E-state index contributed by atoms with van der Waals surface area (Å²) in [6.45, 7) is 3.95. The maximum atomic E-state index is 13.3. The van der Waals surface area contributed by atoms with Gasteiger partial charge in [-0.1, -0.05) is 41.9 Å². The van der Waals surface area contributed by atoms with Crippen molar-refractivity contribution in [3.8, 4) is 0 Å². The van der Waals surface area contributed by atoms with Crippen molar-refractivity contribution in [1.29, 1.82) is 0 Å². The molecule has 0 radical (unpaired) electrons. The topological polar surface area (TPSA) is 39.1 Å². The van der Waals surface area contributed by atoms with Gasteiger partial charge in [-0.15, -0.1) is 0 Å². The number of hydrogen-bond acceptors (Lipinski definition) is 4.